The molecule has 0 atom stereocenters. The Labute approximate surface area is 144 Å². The molecule has 0 saturated heterocycles. The first kappa shape index (κ1) is 15.7. The maximum absolute atomic E-state index is 12.4. The van der Waals surface area contributed by atoms with Gasteiger partial charge in [-0.15, -0.1) is 0 Å². The van der Waals surface area contributed by atoms with Crippen molar-refractivity contribution in [2.24, 2.45) is 0 Å². The Balaban J connectivity index is 1.57. The highest BCUT2D eigenvalue weighted by molar-refractivity contribution is 5.83. The number of fused-ring (bicyclic) bond motifs is 2. The molecule has 1 aromatic carbocycles. The highest BCUT2D eigenvalue weighted by atomic mass is 16.7. The molecule has 4 rings (SSSR count). The lowest BCUT2D eigenvalue weighted by atomic mass is 10.1. The van der Waals surface area contributed by atoms with Crippen LogP contribution >= 0.6 is 0 Å². The molecule has 2 aromatic heterocycles. The largest absolute Gasteiger partial charge is 0.454 e. The standard InChI is InChI=1S/C18H19N3O4/c1-3-13-6-14(25-20-13)9-21(2)8-12-4-11-5-16-17(24-10-23-16)7-15(11)19-18(12)22/h4-7H,3,8-10H2,1-2H3,(H,19,22). The minimum Gasteiger partial charge on any atom is -0.454 e. The van der Waals surface area contributed by atoms with Crippen LogP contribution in [0.3, 0.4) is 0 Å². The van der Waals surface area contributed by atoms with Gasteiger partial charge >= 0.3 is 0 Å². The number of nitrogens with one attached hydrogen (secondary N) is 1. The molecule has 1 aliphatic heterocycles. The molecule has 1 N–H and O–H groups in total. The number of aromatic nitrogens is 2. The van der Waals surface area contributed by atoms with Gasteiger partial charge in [-0.25, -0.2) is 0 Å². The molecule has 0 bridgehead atoms. The molecule has 0 spiro atoms. The third-order valence-electron chi connectivity index (χ3n) is 4.25. The molecule has 0 amide bonds. The highest BCUT2D eigenvalue weighted by Crippen LogP contribution is 2.35. The van der Waals surface area contributed by atoms with Crippen LogP contribution in [0.4, 0.5) is 0 Å². The predicted molar refractivity (Wildman–Crippen MR) is 91.7 cm³/mol. The summed E-state index contributed by atoms with van der Waals surface area (Å²) in [5.74, 6) is 2.15. The first-order chi connectivity index (χ1) is 12.1. The highest BCUT2D eigenvalue weighted by Gasteiger charge is 2.16. The average molecular weight is 341 g/mol. The second-order valence-corrected chi connectivity index (χ2v) is 6.23. The lowest BCUT2D eigenvalue weighted by Crippen LogP contribution is -2.23. The van der Waals surface area contributed by atoms with E-state index >= 15 is 0 Å². The van der Waals surface area contributed by atoms with Gasteiger partial charge < -0.3 is 19.0 Å². The van der Waals surface area contributed by atoms with Crippen LogP contribution in [0.1, 0.15) is 23.9 Å². The number of aryl methyl sites for hydroxylation is 1. The second kappa shape index (κ2) is 6.25. The van der Waals surface area contributed by atoms with Crippen LogP contribution in [0.25, 0.3) is 10.9 Å². The van der Waals surface area contributed by atoms with Crippen molar-refractivity contribution in [3.8, 4) is 11.5 Å². The third kappa shape index (κ3) is 3.10. The van der Waals surface area contributed by atoms with E-state index in [2.05, 4.69) is 10.1 Å². The fourth-order valence-corrected chi connectivity index (χ4v) is 2.97. The van der Waals surface area contributed by atoms with Crippen molar-refractivity contribution in [2.45, 2.75) is 26.4 Å². The fourth-order valence-electron chi connectivity index (χ4n) is 2.97. The molecule has 25 heavy (non-hydrogen) atoms. The van der Waals surface area contributed by atoms with Crippen LogP contribution in [0.15, 0.2) is 33.6 Å². The summed E-state index contributed by atoms with van der Waals surface area (Å²) in [5, 5.41) is 4.91. The Morgan fingerprint density at radius 3 is 2.72 bits per heavy atom. The number of aromatic amines is 1. The first-order valence-corrected chi connectivity index (χ1v) is 8.21. The van der Waals surface area contributed by atoms with E-state index < -0.39 is 0 Å². The van der Waals surface area contributed by atoms with Crippen LogP contribution in [0, 0.1) is 0 Å². The van der Waals surface area contributed by atoms with Crippen molar-refractivity contribution in [2.75, 3.05) is 13.8 Å². The number of ether oxygens (including phenoxy) is 2. The molecule has 0 radical (unpaired) electrons. The van der Waals surface area contributed by atoms with E-state index in [0.717, 1.165) is 28.8 Å². The predicted octanol–water partition coefficient (Wildman–Crippen LogP) is 2.44. The summed E-state index contributed by atoms with van der Waals surface area (Å²) in [6.07, 6.45) is 0.841. The van der Waals surface area contributed by atoms with Crippen LogP contribution < -0.4 is 15.0 Å². The molecule has 0 aliphatic carbocycles. The zero-order valence-electron chi connectivity index (χ0n) is 14.2. The van der Waals surface area contributed by atoms with E-state index in [1.54, 1.807) is 6.07 Å². The molecule has 0 unspecified atom stereocenters. The summed E-state index contributed by atoms with van der Waals surface area (Å²) in [5.41, 5.74) is 2.25. The molecule has 7 nitrogen and oxygen atoms in total. The number of hydrogen-bond acceptors (Lipinski definition) is 6. The SMILES string of the molecule is CCc1cc(CN(C)Cc2cc3cc4c(cc3[nH]c2=O)OCO4)on1. The topological polar surface area (TPSA) is 80.6 Å². The van der Waals surface area contributed by atoms with Crippen molar-refractivity contribution >= 4 is 10.9 Å². The molecule has 1 aliphatic rings. The summed E-state index contributed by atoms with van der Waals surface area (Å²) >= 11 is 0. The molecular weight excluding hydrogens is 322 g/mol. The van der Waals surface area contributed by atoms with E-state index in [1.165, 1.54) is 0 Å². The Kier molecular flexibility index (Phi) is 3.93. The molecule has 0 fully saturated rings. The molecule has 7 heteroatoms. The smallest absolute Gasteiger partial charge is 0.252 e. The van der Waals surface area contributed by atoms with E-state index in [1.807, 2.05) is 37.1 Å². The van der Waals surface area contributed by atoms with Crippen molar-refractivity contribution in [1.82, 2.24) is 15.0 Å². The minimum atomic E-state index is -0.106. The molecule has 3 aromatic rings. The van der Waals surface area contributed by atoms with Crippen LogP contribution in [-0.2, 0) is 19.5 Å². The quantitative estimate of drug-likeness (QED) is 0.768. The Hall–Kier alpha value is -2.80. The first-order valence-electron chi connectivity index (χ1n) is 8.21. The number of benzene rings is 1. The van der Waals surface area contributed by atoms with Crippen LogP contribution in [0.2, 0.25) is 0 Å². The van der Waals surface area contributed by atoms with Gasteiger partial charge in [-0.2, -0.15) is 0 Å². The number of hydrogen-bond donors (Lipinski definition) is 1. The summed E-state index contributed by atoms with van der Waals surface area (Å²) in [6, 6.07) is 7.53. The monoisotopic (exact) mass is 341 g/mol. The van der Waals surface area contributed by atoms with Gasteiger partial charge in [-0.05, 0) is 25.6 Å². The van der Waals surface area contributed by atoms with Crippen molar-refractivity contribution in [3.05, 3.63) is 51.6 Å². The Bertz CT molecular complexity index is 976. The average Bonchev–Trinajstić information content (AvgIpc) is 3.22. The number of pyridine rings is 1. The number of nitrogens with zero attached hydrogens (tertiary/aromatic N) is 2. The lowest BCUT2D eigenvalue weighted by Gasteiger charge is -2.14. The van der Waals surface area contributed by atoms with Gasteiger partial charge in [0.1, 0.15) is 0 Å². The maximum Gasteiger partial charge on any atom is 0.252 e. The van der Waals surface area contributed by atoms with Gasteiger partial charge in [-0.3, -0.25) is 9.69 Å². The summed E-state index contributed by atoms with van der Waals surface area (Å²) in [4.78, 5) is 17.3. The van der Waals surface area contributed by atoms with Gasteiger partial charge in [-0.1, -0.05) is 12.1 Å². The molecular formula is C18H19N3O4. The molecule has 3 heterocycles. The van der Waals surface area contributed by atoms with E-state index in [9.17, 15) is 4.79 Å². The molecule has 130 valence electrons. The summed E-state index contributed by atoms with van der Waals surface area (Å²) in [6.45, 7) is 3.33. The fraction of sp³-hybridized carbons (Fsp3) is 0.333. The van der Waals surface area contributed by atoms with Gasteiger partial charge in [0.25, 0.3) is 5.56 Å². The van der Waals surface area contributed by atoms with E-state index in [0.29, 0.717) is 30.2 Å². The van der Waals surface area contributed by atoms with E-state index in [-0.39, 0.29) is 12.4 Å². The Morgan fingerprint density at radius 2 is 1.96 bits per heavy atom. The van der Waals surface area contributed by atoms with Crippen molar-refractivity contribution in [1.29, 1.82) is 0 Å². The minimum absolute atomic E-state index is 0.106. The number of rotatable bonds is 5. The zero-order valence-corrected chi connectivity index (χ0v) is 14.2. The van der Waals surface area contributed by atoms with E-state index in [4.69, 9.17) is 14.0 Å². The second-order valence-electron chi connectivity index (χ2n) is 6.23. The summed E-state index contributed by atoms with van der Waals surface area (Å²) < 4.78 is 16.1. The van der Waals surface area contributed by atoms with Gasteiger partial charge in [0, 0.05) is 29.6 Å². The third-order valence-corrected chi connectivity index (χ3v) is 4.25. The maximum atomic E-state index is 12.4. The Morgan fingerprint density at radius 1 is 1.16 bits per heavy atom. The van der Waals surface area contributed by atoms with Crippen molar-refractivity contribution in [3.63, 3.8) is 0 Å². The number of H-pyrrole nitrogens is 1. The van der Waals surface area contributed by atoms with Crippen molar-refractivity contribution < 1.29 is 14.0 Å². The van der Waals surface area contributed by atoms with Crippen LogP contribution in [0.5, 0.6) is 11.5 Å². The summed E-state index contributed by atoms with van der Waals surface area (Å²) in [7, 11) is 1.94. The van der Waals surface area contributed by atoms with Crippen LogP contribution in [-0.4, -0.2) is 28.9 Å². The van der Waals surface area contributed by atoms with Gasteiger partial charge in [0.15, 0.2) is 17.3 Å². The van der Waals surface area contributed by atoms with Gasteiger partial charge in [0.2, 0.25) is 6.79 Å². The zero-order chi connectivity index (χ0) is 17.4. The van der Waals surface area contributed by atoms with Gasteiger partial charge in [0.05, 0.1) is 17.8 Å². The molecule has 0 saturated carbocycles. The normalized spacial score (nSPS) is 13.1. The lowest BCUT2D eigenvalue weighted by molar-refractivity contribution is 0.174.